The van der Waals surface area contributed by atoms with Crippen molar-refractivity contribution >= 4 is 17.3 Å². The molecular weight excluding hydrogens is 268 g/mol. The van der Waals surface area contributed by atoms with E-state index in [2.05, 4.69) is 5.32 Å². The van der Waals surface area contributed by atoms with Gasteiger partial charge >= 0.3 is 0 Å². The first-order valence-electron chi connectivity index (χ1n) is 7.09. The van der Waals surface area contributed by atoms with Crippen LogP contribution in [0, 0.1) is 11.3 Å². The van der Waals surface area contributed by atoms with Crippen LogP contribution in [0.3, 0.4) is 0 Å². The molecule has 1 aliphatic rings. The average molecular weight is 288 g/mol. The summed E-state index contributed by atoms with van der Waals surface area (Å²) in [6.07, 6.45) is 0.892. The second-order valence-corrected chi connectivity index (χ2v) is 4.96. The third-order valence-corrected chi connectivity index (χ3v) is 3.47. The Kier molecular flexibility index (Phi) is 5.01. The van der Waals surface area contributed by atoms with Crippen LogP contribution in [0.2, 0.25) is 0 Å². The van der Waals surface area contributed by atoms with Gasteiger partial charge in [-0.3, -0.25) is 4.79 Å². The molecule has 0 aliphatic carbocycles. The number of nitrogens with zero attached hydrogens (tertiary/aromatic N) is 2. The maximum absolute atomic E-state index is 12.2. The highest BCUT2D eigenvalue weighted by Gasteiger charge is 2.29. The minimum absolute atomic E-state index is 0.0421. The number of carbonyl (C=O) groups excluding carboxylic acids is 1. The molecule has 1 atom stereocenters. The summed E-state index contributed by atoms with van der Waals surface area (Å²) >= 11 is 0. The van der Waals surface area contributed by atoms with Crippen molar-refractivity contribution in [3.8, 4) is 6.07 Å². The summed E-state index contributed by atoms with van der Waals surface area (Å²) in [5.41, 5.74) is 7.57. The molecule has 1 aromatic carbocycles. The molecule has 6 heteroatoms. The van der Waals surface area contributed by atoms with E-state index in [1.54, 1.807) is 12.1 Å². The summed E-state index contributed by atoms with van der Waals surface area (Å²) in [5, 5.41) is 11.8. The van der Waals surface area contributed by atoms with Gasteiger partial charge in [0, 0.05) is 18.8 Å². The van der Waals surface area contributed by atoms with E-state index in [1.807, 2.05) is 24.0 Å². The summed E-state index contributed by atoms with van der Waals surface area (Å²) in [6.45, 7) is 4.21. The molecule has 1 saturated heterocycles. The number of nitrogens with one attached hydrogen (secondary N) is 1. The summed E-state index contributed by atoms with van der Waals surface area (Å²) in [4.78, 5) is 14.2. The SMILES string of the molecule is CCCNC(=O)C1COCCN1c1ccc(C#N)c(N)c1. The molecule has 112 valence electrons. The Labute approximate surface area is 124 Å². The maximum Gasteiger partial charge on any atom is 0.245 e. The molecule has 0 radical (unpaired) electrons. The van der Waals surface area contributed by atoms with Gasteiger partial charge in [0.15, 0.2) is 0 Å². The van der Waals surface area contributed by atoms with Gasteiger partial charge < -0.3 is 20.7 Å². The molecule has 0 aromatic heterocycles. The molecule has 1 aliphatic heterocycles. The predicted octanol–water partition coefficient (Wildman–Crippen LogP) is 0.872. The van der Waals surface area contributed by atoms with Crippen molar-refractivity contribution in [3.63, 3.8) is 0 Å². The number of amides is 1. The molecule has 0 bridgehead atoms. The number of nitrogens with two attached hydrogens (primary N) is 1. The van der Waals surface area contributed by atoms with E-state index in [9.17, 15) is 4.79 Å². The number of benzene rings is 1. The Bertz CT molecular complexity index is 553. The lowest BCUT2D eigenvalue weighted by Gasteiger charge is -2.36. The number of anilines is 2. The summed E-state index contributed by atoms with van der Waals surface area (Å²) < 4.78 is 5.42. The highest BCUT2D eigenvalue weighted by atomic mass is 16.5. The lowest BCUT2D eigenvalue weighted by molar-refractivity contribution is -0.124. The van der Waals surface area contributed by atoms with E-state index in [0.717, 1.165) is 12.1 Å². The van der Waals surface area contributed by atoms with Gasteiger partial charge in [-0.15, -0.1) is 0 Å². The Morgan fingerprint density at radius 1 is 1.62 bits per heavy atom. The topological polar surface area (TPSA) is 91.4 Å². The lowest BCUT2D eigenvalue weighted by Crippen LogP contribution is -2.54. The van der Waals surface area contributed by atoms with Crippen molar-refractivity contribution in [2.45, 2.75) is 19.4 Å². The number of hydrogen-bond acceptors (Lipinski definition) is 5. The standard InChI is InChI=1S/C15H20N4O2/c1-2-5-18-15(20)14-10-21-7-6-19(14)12-4-3-11(9-16)13(17)8-12/h3-4,8,14H,2,5-7,10,17H2,1H3,(H,18,20). The van der Waals surface area contributed by atoms with Gasteiger partial charge in [0.2, 0.25) is 5.91 Å². The van der Waals surface area contributed by atoms with E-state index in [0.29, 0.717) is 37.6 Å². The van der Waals surface area contributed by atoms with E-state index >= 15 is 0 Å². The van der Waals surface area contributed by atoms with Crippen molar-refractivity contribution in [2.75, 3.05) is 36.9 Å². The van der Waals surface area contributed by atoms with Crippen LogP contribution in [-0.2, 0) is 9.53 Å². The van der Waals surface area contributed by atoms with Gasteiger partial charge in [0.05, 0.1) is 24.5 Å². The molecule has 0 saturated carbocycles. The van der Waals surface area contributed by atoms with E-state index in [1.165, 1.54) is 0 Å². The second kappa shape index (κ2) is 6.95. The fraction of sp³-hybridized carbons (Fsp3) is 0.467. The molecule has 6 nitrogen and oxygen atoms in total. The fourth-order valence-electron chi connectivity index (χ4n) is 2.33. The predicted molar refractivity (Wildman–Crippen MR) is 80.8 cm³/mol. The van der Waals surface area contributed by atoms with Crippen molar-refractivity contribution < 1.29 is 9.53 Å². The summed E-state index contributed by atoms with van der Waals surface area (Å²) in [5.74, 6) is -0.0421. The minimum Gasteiger partial charge on any atom is -0.398 e. The van der Waals surface area contributed by atoms with Crippen LogP contribution >= 0.6 is 0 Å². The molecule has 1 aromatic rings. The molecule has 0 spiro atoms. The second-order valence-electron chi connectivity index (χ2n) is 4.96. The number of rotatable bonds is 4. The smallest absolute Gasteiger partial charge is 0.245 e. The zero-order valence-electron chi connectivity index (χ0n) is 12.1. The number of carbonyl (C=O) groups is 1. The molecule has 1 amide bonds. The van der Waals surface area contributed by atoms with Gasteiger partial charge in [-0.05, 0) is 24.6 Å². The van der Waals surface area contributed by atoms with Crippen LogP contribution < -0.4 is 16.0 Å². The number of nitrogen functional groups attached to an aromatic ring is 1. The van der Waals surface area contributed by atoms with Crippen molar-refractivity contribution in [2.24, 2.45) is 0 Å². The molecular formula is C15H20N4O2. The summed E-state index contributed by atoms with van der Waals surface area (Å²) in [6, 6.07) is 6.92. The van der Waals surface area contributed by atoms with Crippen LogP contribution in [0.25, 0.3) is 0 Å². The first kappa shape index (κ1) is 15.1. The minimum atomic E-state index is -0.363. The number of hydrogen-bond donors (Lipinski definition) is 2. The number of morpholine rings is 1. The third kappa shape index (κ3) is 3.44. The van der Waals surface area contributed by atoms with Crippen molar-refractivity contribution in [1.29, 1.82) is 5.26 Å². The fourth-order valence-corrected chi connectivity index (χ4v) is 2.33. The van der Waals surface area contributed by atoms with Gasteiger partial charge in [0.25, 0.3) is 0 Å². The third-order valence-electron chi connectivity index (χ3n) is 3.47. The van der Waals surface area contributed by atoms with E-state index in [-0.39, 0.29) is 11.9 Å². The van der Waals surface area contributed by atoms with Gasteiger partial charge in [-0.25, -0.2) is 0 Å². The van der Waals surface area contributed by atoms with Crippen molar-refractivity contribution in [3.05, 3.63) is 23.8 Å². The van der Waals surface area contributed by atoms with Gasteiger partial charge in [-0.1, -0.05) is 6.92 Å². The Morgan fingerprint density at radius 3 is 3.10 bits per heavy atom. The molecule has 2 rings (SSSR count). The highest BCUT2D eigenvalue weighted by Crippen LogP contribution is 2.24. The maximum atomic E-state index is 12.2. The lowest BCUT2D eigenvalue weighted by atomic mass is 10.1. The first-order valence-corrected chi connectivity index (χ1v) is 7.09. The Hall–Kier alpha value is -2.26. The number of nitriles is 1. The number of ether oxygens (including phenoxy) is 1. The molecule has 1 fully saturated rings. The molecule has 3 N–H and O–H groups in total. The monoisotopic (exact) mass is 288 g/mol. The van der Waals surface area contributed by atoms with Crippen LogP contribution in [0.5, 0.6) is 0 Å². The van der Waals surface area contributed by atoms with E-state index in [4.69, 9.17) is 15.7 Å². The van der Waals surface area contributed by atoms with Crippen LogP contribution in [0.1, 0.15) is 18.9 Å². The molecule has 21 heavy (non-hydrogen) atoms. The Balaban J connectivity index is 2.20. The summed E-state index contributed by atoms with van der Waals surface area (Å²) in [7, 11) is 0. The molecule has 1 unspecified atom stereocenters. The Morgan fingerprint density at radius 2 is 2.43 bits per heavy atom. The molecule has 1 heterocycles. The average Bonchev–Trinajstić information content (AvgIpc) is 2.52. The van der Waals surface area contributed by atoms with Crippen LogP contribution in [-0.4, -0.2) is 38.3 Å². The van der Waals surface area contributed by atoms with Gasteiger partial charge in [0.1, 0.15) is 12.1 Å². The largest absolute Gasteiger partial charge is 0.398 e. The van der Waals surface area contributed by atoms with Gasteiger partial charge in [-0.2, -0.15) is 5.26 Å². The quantitative estimate of drug-likeness (QED) is 0.802. The van der Waals surface area contributed by atoms with Crippen molar-refractivity contribution in [1.82, 2.24) is 5.32 Å². The van der Waals surface area contributed by atoms with Crippen LogP contribution in [0.4, 0.5) is 11.4 Å². The van der Waals surface area contributed by atoms with E-state index < -0.39 is 0 Å². The van der Waals surface area contributed by atoms with Crippen LogP contribution in [0.15, 0.2) is 18.2 Å². The zero-order valence-corrected chi connectivity index (χ0v) is 12.1. The zero-order chi connectivity index (χ0) is 15.2. The first-order chi connectivity index (χ1) is 10.2. The normalized spacial score (nSPS) is 18.1. The highest BCUT2D eigenvalue weighted by molar-refractivity contribution is 5.86.